The van der Waals surface area contributed by atoms with Gasteiger partial charge in [0.05, 0.1) is 22.3 Å². The van der Waals surface area contributed by atoms with Gasteiger partial charge in [-0.2, -0.15) is 0 Å². The molecule has 0 spiro atoms. The number of carbonyl (C=O) groups is 4. The van der Waals surface area contributed by atoms with Crippen LogP contribution in [0.2, 0.25) is 0 Å². The van der Waals surface area contributed by atoms with Crippen LogP contribution in [0, 0.1) is 0 Å². The summed E-state index contributed by atoms with van der Waals surface area (Å²) in [5, 5.41) is 26.9. The lowest BCUT2D eigenvalue weighted by Gasteiger charge is -2.28. The molecule has 1 aliphatic carbocycles. The Balaban J connectivity index is 1.29. The van der Waals surface area contributed by atoms with E-state index in [0.717, 1.165) is 33.4 Å². The second kappa shape index (κ2) is 28.9. The molecule has 0 saturated carbocycles. The molecule has 0 fully saturated rings. The Hall–Kier alpha value is -10.6. The number of aromatic nitrogens is 4. The van der Waals surface area contributed by atoms with E-state index in [1.54, 1.807) is 48.5 Å². The Morgan fingerprint density at radius 2 is 0.385 bits per heavy atom. The number of phenols is 2. The van der Waals surface area contributed by atoms with Gasteiger partial charge in [-0.25, -0.2) is 19.2 Å². The van der Waals surface area contributed by atoms with Crippen molar-refractivity contribution in [3.05, 3.63) is 293 Å². The Kier molecular flexibility index (Phi) is 20.7. The summed E-state index contributed by atoms with van der Waals surface area (Å²) in [5.74, 6) is -1.57. The maximum Gasteiger partial charge on any atom is 0.343 e. The first kappa shape index (κ1) is 74.6. The molecule has 0 amide bonds. The maximum absolute atomic E-state index is 15.0. The quantitative estimate of drug-likeness (QED) is 0.108. The molecule has 0 radical (unpaired) electrons. The highest BCUT2D eigenvalue weighted by molar-refractivity contribution is 5.93. The molecule has 14 nitrogen and oxygen atoms in total. The highest BCUT2D eigenvalue weighted by atomic mass is 16.5. The van der Waals surface area contributed by atoms with Crippen LogP contribution in [0.3, 0.4) is 0 Å². The summed E-state index contributed by atoms with van der Waals surface area (Å²) in [7, 11) is 0. The Morgan fingerprint density at radius 1 is 0.250 bits per heavy atom. The summed E-state index contributed by atoms with van der Waals surface area (Å²) in [6.45, 7) is 38.1. The van der Waals surface area contributed by atoms with Crippen LogP contribution >= 0.6 is 0 Å². The number of hydrogen-bond donors (Lipinski definition) is 2. The third-order valence-corrected chi connectivity index (χ3v) is 19.4. The lowest BCUT2D eigenvalue weighted by Crippen LogP contribution is -2.19. The van der Waals surface area contributed by atoms with E-state index in [1.807, 2.05) is 48.5 Å². The van der Waals surface area contributed by atoms with Crippen molar-refractivity contribution in [1.29, 1.82) is 0 Å². The van der Waals surface area contributed by atoms with E-state index in [0.29, 0.717) is 66.8 Å². The fraction of sp³-hybridized carbons (Fsp3) is 0.333. The molecule has 104 heavy (non-hydrogen) atoms. The Bertz CT molecular complexity index is 4330. The zero-order valence-corrected chi connectivity index (χ0v) is 63.4. The largest absolute Gasteiger partial charge is 0.507 e. The lowest BCUT2D eigenvalue weighted by molar-refractivity contribution is 0.0720. The molecule has 536 valence electrons. The topological polar surface area (TPSA) is 197 Å². The van der Waals surface area contributed by atoms with Gasteiger partial charge in [0.2, 0.25) is 0 Å². The number of ether oxygens (including phenoxy) is 4. The summed E-state index contributed by atoms with van der Waals surface area (Å²) < 4.78 is 27.3. The number of benzene rings is 6. The standard InChI is InChI=1S/C90H96N4O10/c1-85(2,3)69-41-57-35-61-45-71(87(7,8)9)49-65(77(61)101-81(97)53-19-27-91-28-20-53)39-67-51-73(89(13,14)15)47-63(79(67)103-83(99)55-23-31-93-32-24-55)37-59-43-70(86(4,5)6)44-60(76(59)96)38-64-48-74(90(16,17)18)52-68(80(64)104-84(100)56-25-33-94-34-26-56)40-66-50-72(88(10,11)12)46-62(36-58(42-69)75(57)95)78(66)102-82(98)54-21-29-92-30-22-54/h19-34,41-52,95-96H,35-40H2,1-18H3. The first-order valence-electron chi connectivity index (χ1n) is 35.6. The number of nitrogens with zero attached hydrogens (tertiary/aromatic N) is 4. The molecular weight excluding hydrogens is 1300 g/mol. The number of phenolic OH excluding ortho intramolecular Hbond substituents is 2. The predicted molar refractivity (Wildman–Crippen MR) is 408 cm³/mol. The molecule has 2 N–H and O–H groups in total. The molecule has 4 aromatic heterocycles. The maximum atomic E-state index is 15.0. The van der Waals surface area contributed by atoms with Crippen molar-refractivity contribution in [3.63, 3.8) is 0 Å². The van der Waals surface area contributed by atoms with Crippen LogP contribution in [0.5, 0.6) is 34.5 Å². The second-order valence-corrected chi connectivity index (χ2v) is 33.8. The van der Waals surface area contributed by atoms with Gasteiger partial charge in [-0.3, -0.25) is 19.9 Å². The smallest absolute Gasteiger partial charge is 0.343 e. The molecular formula is C90H96N4O10. The minimum absolute atomic E-state index is 0.0163. The summed E-state index contributed by atoms with van der Waals surface area (Å²) >= 11 is 0. The van der Waals surface area contributed by atoms with Crippen molar-refractivity contribution in [3.8, 4) is 34.5 Å². The molecule has 6 aromatic carbocycles. The van der Waals surface area contributed by atoms with Gasteiger partial charge in [-0.1, -0.05) is 197 Å². The zero-order chi connectivity index (χ0) is 75.2. The molecule has 1 aliphatic rings. The molecule has 0 unspecified atom stereocenters. The number of carbonyl (C=O) groups excluding carboxylic acids is 4. The lowest BCUT2D eigenvalue weighted by atomic mass is 9.79. The van der Waals surface area contributed by atoms with Crippen molar-refractivity contribution in [2.75, 3.05) is 0 Å². The minimum atomic E-state index is -0.637. The van der Waals surface area contributed by atoms with Crippen LogP contribution < -0.4 is 18.9 Å². The summed E-state index contributed by atoms with van der Waals surface area (Å²) in [6.07, 6.45) is 12.7. The Labute approximate surface area is 612 Å². The number of esters is 4. The molecule has 4 heterocycles. The van der Waals surface area contributed by atoms with Crippen molar-refractivity contribution < 1.29 is 48.3 Å². The molecule has 0 aliphatic heterocycles. The van der Waals surface area contributed by atoms with Gasteiger partial charge < -0.3 is 29.2 Å². The fourth-order valence-electron chi connectivity index (χ4n) is 13.0. The monoisotopic (exact) mass is 1390 g/mol. The third kappa shape index (κ3) is 17.0. The molecule has 0 saturated heterocycles. The van der Waals surface area contributed by atoms with Crippen molar-refractivity contribution in [2.24, 2.45) is 0 Å². The molecule has 14 heteroatoms. The van der Waals surface area contributed by atoms with E-state index >= 15 is 0 Å². The number of rotatable bonds is 8. The van der Waals surface area contributed by atoms with Gasteiger partial charge in [0.15, 0.2) is 0 Å². The van der Waals surface area contributed by atoms with E-state index in [4.69, 9.17) is 18.9 Å². The van der Waals surface area contributed by atoms with Crippen molar-refractivity contribution >= 4 is 23.9 Å². The second-order valence-electron chi connectivity index (χ2n) is 33.8. The van der Waals surface area contributed by atoms with Crippen molar-refractivity contribution in [2.45, 2.75) is 196 Å². The van der Waals surface area contributed by atoms with E-state index in [9.17, 15) is 29.4 Å². The average molecular weight is 1390 g/mol. The molecule has 10 aromatic rings. The first-order chi connectivity index (χ1) is 48.8. The predicted octanol–water partition coefficient (Wildman–Crippen LogP) is 19.2. The molecule has 11 rings (SSSR count). The van der Waals surface area contributed by atoms with E-state index in [-0.39, 0.29) is 95.3 Å². The van der Waals surface area contributed by atoms with E-state index in [2.05, 4.69) is 169 Å². The zero-order valence-electron chi connectivity index (χ0n) is 63.4. The van der Waals surface area contributed by atoms with Crippen LogP contribution in [0.4, 0.5) is 0 Å². The fourth-order valence-corrected chi connectivity index (χ4v) is 13.0. The van der Waals surface area contributed by atoms with Crippen molar-refractivity contribution in [1.82, 2.24) is 19.9 Å². The van der Waals surface area contributed by atoms with Gasteiger partial charge in [-0.15, -0.1) is 0 Å². The highest BCUT2D eigenvalue weighted by Crippen LogP contribution is 2.47. The van der Waals surface area contributed by atoms with Crippen LogP contribution in [-0.2, 0) is 71.0 Å². The number of fused-ring (bicyclic) bond motifs is 12. The molecule has 12 bridgehead atoms. The average Bonchev–Trinajstić information content (AvgIpc) is 0.768. The number of aromatic hydroxyl groups is 2. The Morgan fingerprint density at radius 3 is 0.529 bits per heavy atom. The summed E-state index contributed by atoms with van der Waals surface area (Å²) in [6, 6.07) is 37.3. The number of hydrogen-bond acceptors (Lipinski definition) is 14. The van der Waals surface area contributed by atoms with Gasteiger partial charge in [0.25, 0.3) is 0 Å². The van der Waals surface area contributed by atoms with Gasteiger partial charge >= 0.3 is 23.9 Å². The summed E-state index contributed by atoms with van der Waals surface area (Å²) in [5.41, 5.74) is 10.4. The SMILES string of the molecule is CC(C)(C)c1cc2c(O)c(c1)Cc1cc(C(C)(C)C)cc(c1OC(=O)c1ccncc1)Cc1cc(C(C)(C)C)cc(c1OC(=O)c1ccncc1)Cc1cc(C(C)(C)C)cc(c1O)Cc1cc(C(C)(C)C)cc(c1OC(=O)c1ccncc1)Cc1cc(C(C)(C)C)cc(c1OC(=O)c1ccncc1)C2. The van der Waals surface area contributed by atoms with Crippen LogP contribution in [0.25, 0.3) is 0 Å². The van der Waals surface area contributed by atoms with Crippen LogP contribution in [-0.4, -0.2) is 54.0 Å². The van der Waals surface area contributed by atoms with Gasteiger partial charge in [0.1, 0.15) is 34.5 Å². The third-order valence-electron chi connectivity index (χ3n) is 19.4. The molecule has 0 atom stereocenters. The minimum Gasteiger partial charge on any atom is -0.507 e. The highest BCUT2D eigenvalue weighted by Gasteiger charge is 2.33. The van der Waals surface area contributed by atoms with Gasteiger partial charge in [0, 0.05) is 133 Å². The van der Waals surface area contributed by atoms with E-state index < -0.39 is 56.4 Å². The number of pyridine rings is 4. The van der Waals surface area contributed by atoms with Crippen LogP contribution in [0.15, 0.2) is 171 Å². The normalized spacial score (nSPS) is 13.1. The van der Waals surface area contributed by atoms with Gasteiger partial charge in [-0.05, 0) is 137 Å². The van der Waals surface area contributed by atoms with Crippen LogP contribution in [0.1, 0.15) is 266 Å². The van der Waals surface area contributed by atoms with E-state index in [1.165, 1.54) is 49.6 Å². The summed E-state index contributed by atoms with van der Waals surface area (Å²) in [4.78, 5) is 76.7. The first-order valence-corrected chi connectivity index (χ1v) is 35.6.